The number of halogens is 1. The zero-order valence-electron chi connectivity index (χ0n) is 9.22. The Hall–Kier alpha value is -0.360. The fraction of sp³-hybridized carbons (Fsp3) is 0.600. The minimum atomic E-state index is -0.406. The van der Waals surface area contributed by atoms with E-state index in [1.54, 1.807) is 11.8 Å². The molecule has 2 rings (SSSR count). The molecule has 1 aliphatic rings. The molecular formula is C10H17ClN4S. The Morgan fingerprint density at radius 1 is 1.44 bits per heavy atom. The van der Waals surface area contributed by atoms with E-state index in [0.717, 1.165) is 30.0 Å². The fourth-order valence-electron chi connectivity index (χ4n) is 2.00. The van der Waals surface area contributed by atoms with Gasteiger partial charge in [-0.3, -0.25) is 0 Å². The van der Waals surface area contributed by atoms with E-state index in [0.29, 0.717) is 0 Å². The topological polar surface area (TPSA) is 77.8 Å². The Labute approximate surface area is 106 Å². The van der Waals surface area contributed by atoms with Crippen molar-refractivity contribution in [3.63, 3.8) is 0 Å². The van der Waals surface area contributed by atoms with Crippen molar-refractivity contribution in [2.45, 2.75) is 35.7 Å². The molecule has 4 nitrogen and oxygen atoms in total. The smallest absolute Gasteiger partial charge is 0.148 e. The number of hydrogen-bond acceptors (Lipinski definition) is 5. The van der Waals surface area contributed by atoms with Crippen molar-refractivity contribution < 1.29 is 0 Å². The van der Waals surface area contributed by atoms with Gasteiger partial charge in [-0.15, -0.1) is 24.2 Å². The van der Waals surface area contributed by atoms with Crippen LogP contribution in [0.2, 0.25) is 0 Å². The van der Waals surface area contributed by atoms with E-state index in [-0.39, 0.29) is 18.4 Å². The maximum Gasteiger partial charge on any atom is 0.148 e. The van der Waals surface area contributed by atoms with Gasteiger partial charge in [0.05, 0.1) is 5.54 Å². The lowest BCUT2D eigenvalue weighted by Gasteiger charge is -2.21. The predicted molar refractivity (Wildman–Crippen MR) is 68.8 cm³/mol. The zero-order valence-corrected chi connectivity index (χ0v) is 10.9. The van der Waals surface area contributed by atoms with Gasteiger partial charge in [-0.2, -0.15) is 0 Å². The van der Waals surface area contributed by atoms with E-state index in [9.17, 15) is 0 Å². The molecule has 0 amide bonds. The average Bonchev–Trinajstić information content (AvgIpc) is 2.60. The molecule has 1 saturated carbocycles. The number of aromatic nitrogens is 2. The number of rotatable bonds is 2. The van der Waals surface area contributed by atoms with Gasteiger partial charge in [0, 0.05) is 23.3 Å². The van der Waals surface area contributed by atoms with Crippen LogP contribution in [0.5, 0.6) is 0 Å². The summed E-state index contributed by atoms with van der Waals surface area (Å²) in [6.45, 7) is 0. The molecule has 1 aliphatic carbocycles. The highest BCUT2D eigenvalue weighted by Gasteiger charge is 2.37. The van der Waals surface area contributed by atoms with Crippen LogP contribution in [-0.4, -0.2) is 22.3 Å². The third-order valence-electron chi connectivity index (χ3n) is 2.90. The summed E-state index contributed by atoms with van der Waals surface area (Å²) in [5.41, 5.74) is 11.7. The molecule has 6 heteroatoms. The summed E-state index contributed by atoms with van der Waals surface area (Å²) in [6, 6.07) is 0.193. The van der Waals surface area contributed by atoms with Crippen molar-refractivity contribution in [3.8, 4) is 0 Å². The second-order valence-electron chi connectivity index (χ2n) is 4.11. The summed E-state index contributed by atoms with van der Waals surface area (Å²) in [7, 11) is 0. The number of thioether (sulfide) groups is 1. The van der Waals surface area contributed by atoms with Gasteiger partial charge in [0.2, 0.25) is 0 Å². The lowest BCUT2D eigenvalue weighted by Crippen LogP contribution is -2.37. The van der Waals surface area contributed by atoms with Gasteiger partial charge >= 0.3 is 0 Å². The van der Waals surface area contributed by atoms with Crippen LogP contribution in [0.15, 0.2) is 17.3 Å². The molecule has 0 aromatic carbocycles. The van der Waals surface area contributed by atoms with Crippen molar-refractivity contribution in [1.29, 1.82) is 0 Å². The van der Waals surface area contributed by atoms with Crippen LogP contribution in [0.25, 0.3) is 0 Å². The Balaban J connectivity index is 0.00000128. The van der Waals surface area contributed by atoms with Gasteiger partial charge in [0.1, 0.15) is 5.82 Å². The molecule has 1 heterocycles. The summed E-state index contributed by atoms with van der Waals surface area (Å²) < 4.78 is 0. The molecule has 1 aromatic rings. The highest BCUT2D eigenvalue weighted by atomic mass is 35.5. The number of hydrogen-bond donors (Lipinski definition) is 2. The van der Waals surface area contributed by atoms with E-state index in [1.807, 2.05) is 18.6 Å². The largest absolute Gasteiger partial charge is 0.328 e. The van der Waals surface area contributed by atoms with Crippen LogP contribution in [0.3, 0.4) is 0 Å². The van der Waals surface area contributed by atoms with Crippen LogP contribution in [0.1, 0.15) is 25.1 Å². The molecule has 0 saturated heterocycles. The Morgan fingerprint density at radius 3 is 2.50 bits per heavy atom. The third kappa shape index (κ3) is 2.66. The highest BCUT2D eigenvalue weighted by molar-refractivity contribution is 7.98. The second kappa shape index (κ2) is 5.31. The monoisotopic (exact) mass is 260 g/mol. The minimum Gasteiger partial charge on any atom is -0.328 e. The normalized spacial score (nSPS) is 28.8. The quantitative estimate of drug-likeness (QED) is 0.784. The zero-order chi connectivity index (χ0) is 10.9. The average molecular weight is 261 g/mol. The predicted octanol–water partition coefficient (Wildman–Crippen LogP) is 1.29. The molecule has 16 heavy (non-hydrogen) atoms. The molecule has 90 valence electrons. The van der Waals surface area contributed by atoms with Crippen LogP contribution < -0.4 is 11.5 Å². The molecule has 0 spiro atoms. The fourth-order valence-corrected chi connectivity index (χ4v) is 2.31. The van der Waals surface area contributed by atoms with Crippen molar-refractivity contribution in [2.75, 3.05) is 6.26 Å². The second-order valence-corrected chi connectivity index (χ2v) is 4.99. The van der Waals surface area contributed by atoms with Crippen molar-refractivity contribution in [1.82, 2.24) is 9.97 Å². The van der Waals surface area contributed by atoms with Gasteiger partial charge < -0.3 is 11.5 Å². The van der Waals surface area contributed by atoms with Crippen LogP contribution in [0.4, 0.5) is 0 Å². The molecule has 0 aliphatic heterocycles. The van der Waals surface area contributed by atoms with Crippen LogP contribution >= 0.6 is 24.2 Å². The standard InChI is InChI=1S/C10H16N4S.ClH/c1-15-8-5-13-9(14-6-8)10(12)3-2-7(11)4-10;/h5-7H,2-4,11-12H2,1H3;1H. The van der Waals surface area contributed by atoms with Gasteiger partial charge in [-0.05, 0) is 25.5 Å². The van der Waals surface area contributed by atoms with Gasteiger partial charge in [-0.25, -0.2) is 9.97 Å². The van der Waals surface area contributed by atoms with Crippen LogP contribution in [0, 0.1) is 0 Å². The Morgan fingerprint density at radius 2 is 2.06 bits per heavy atom. The van der Waals surface area contributed by atoms with Gasteiger partial charge in [-0.1, -0.05) is 0 Å². The molecule has 1 aromatic heterocycles. The molecule has 0 radical (unpaired) electrons. The van der Waals surface area contributed by atoms with Crippen molar-refractivity contribution >= 4 is 24.2 Å². The maximum absolute atomic E-state index is 6.25. The highest BCUT2D eigenvalue weighted by Crippen LogP contribution is 2.33. The van der Waals surface area contributed by atoms with E-state index in [1.165, 1.54) is 0 Å². The molecular weight excluding hydrogens is 244 g/mol. The maximum atomic E-state index is 6.25. The first-order valence-corrected chi connectivity index (χ1v) is 6.27. The van der Waals surface area contributed by atoms with Crippen LogP contribution in [-0.2, 0) is 5.54 Å². The van der Waals surface area contributed by atoms with Crippen molar-refractivity contribution in [3.05, 3.63) is 18.2 Å². The summed E-state index contributed by atoms with van der Waals surface area (Å²) in [5, 5.41) is 0. The van der Waals surface area contributed by atoms with Gasteiger partial charge in [0.25, 0.3) is 0 Å². The number of nitrogens with zero attached hydrogens (tertiary/aromatic N) is 2. The first-order chi connectivity index (χ1) is 7.14. The molecule has 0 bridgehead atoms. The SMILES string of the molecule is CSc1cnc(C2(N)CCC(N)C2)nc1.Cl. The molecule has 4 N–H and O–H groups in total. The Bertz CT molecular complexity index is 345. The lowest BCUT2D eigenvalue weighted by molar-refractivity contribution is 0.423. The van der Waals surface area contributed by atoms with E-state index < -0.39 is 5.54 Å². The minimum absolute atomic E-state index is 0. The summed E-state index contributed by atoms with van der Waals surface area (Å²) in [5.74, 6) is 0.730. The molecule has 2 unspecified atom stereocenters. The van der Waals surface area contributed by atoms with E-state index >= 15 is 0 Å². The number of nitrogens with two attached hydrogens (primary N) is 2. The molecule has 1 fully saturated rings. The summed E-state index contributed by atoms with van der Waals surface area (Å²) in [4.78, 5) is 9.71. The summed E-state index contributed by atoms with van der Waals surface area (Å²) >= 11 is 1.63. The Kier molecular flexibility index (Phi) is 4.55. The van der Waals surface area contributed by atoms with Crippen molar-refractivity contribution in [2.24, 2.45) is 11.5 Å². The first kappa shape index (κ1) is 13.7. The molecule has 2 atom stereocenters. The van der Waals surface area contributed by atoms with E-state index in [2.05, 4.69) is 9.97 Å². The third-order valence-corrected chi connectivity index (χ3v) is 3.58. The lowest BCUT2D eigenvalue weighted by atomic mass is 9.98. The summed E-state index contributed by atoms with van der Waals surface area (Å²) in [6.07, 6.45) is 8.28. The first-order valence-electron chi connectivity index (χ1n) is 5.05. The van der Waals surface area contributed by atoms with E-state index in [4.69, 9.17) is 11.5 Å². The van der Waals surface area contributed by atoms with Gasteiger partial charge in [0.15, 0.2) is 0 Å².